The fraction of sp³-hybridized carbons (Fsp3) is 0.560. The summed E-state index contributed by atoms with van der Waals surface area (Å²) < 4.78 is 0. The van der Waals surface area contributed by atoms with Gasteiger partial charge in [-0.15, -0.1) is 0 Å². The molecule has 6 nitrogen and oxygen atoms in total. The lowest BCUT2D eigenvalue weighted by molar-refractivity contribution is 0.481. The SMILES string of the molecule is C[C@@H]1CCCCN1c1cc(N2CCCCC2)nc(NC(=S)NCCCc2ccccc2)n1. The van der Waals surface area contributed by atoms with E-state index in [1.165, 1.54) is 44.1 Å². The Kier molecular flexibility index (Phi) is 8.15. The summed E-state index contributed by atoms with van der Waals surface area (Å²) >= 11 is 5.56. The number of piperidine rings is 2. The van der Waals surface area contributed by atoms with Crippen LogP contribution in [-0.2, 0) is 6.42 Å². The summed E-state index contributed by atoms with van der Waals surface area (Å²) in [6, 6.07) is 13.2. The van der Waals surface area contributed by atoms with E-state index in [1.807, 2.05) is 0 Å². The first-order chi connectivity index (χ1) is 15.7. The summed E-state index contributed by atoms with van der Waals surface area (Å²) in [5.41, 5.74) is 1.35. The molecule has 3 heterocycles. The van der Waals surface area contributed by atoms with E-state index in [0.717, 1.165) is 50.7 Å². The van der Waals surface area contributed by atoms with Gasteiger partial charge in [0, 0.05) is 38.3 Å². The molecule has 2 aromatic rings. The monoisotopic (exact) mass is 452 g/mol. The molecule has 1 aromatic carbocycles. The number of aryl methyl sites for hydroxylation is 1. The van der Waals surface area contributed by atoms with Crippen LogP contribution in [0.2, 0.25) is 0 Å². The zero-order chi connectivity index (χ0) is 22.2. The first kappa shape index (κ1) is 22.8. The van der Waals surface area contributed by atoms with Crippen LogP contribution in [0.25, 0.3) is 0 Å². The molecule has 32 heavy (non-hydrogen) atoms. The van der Waals surface area contributed by atoms with Crippen molar-refractivity contribution in [2.75, 3.05) is 41.3 Å². The van der Waals surface area contributed by atoms with Crippen LogP contribution in [0.4, 0.5) is 17.6 Å². The van der Waals surface area contributed by atoms with Gasteiger partial charge in [0.2, 0.25) is 5.95 Å². The van der Waals surface area contributed by atoms with Gasteiger partial charge in [-0.2, -0.15) is 9.97 Å². The van der Waals surface area contributed by atoms with E-state index in [0.29, 0.717) is 17.1 Å². The normalized spacial score (nSPS) is 19.0. The molecule has 2 aliphatic rings. The van der Waals surface area contributed by atoms with Crippen molar-refractivity contribution in [2.24, 2.45) is 0 Å². The molecule has 0 saturated carbocycles. The highest BCUT2D eigenvalue weighted by molar-refractivity contribution is 7.80. The van der Waals surface area contributed by atoms with Crippen molar-refractivity contribution >= 4 is 34.9 Å². The number of anilines is 3. The zero-order valence-electron chi connectivity index (χ0n) is 19.2. The summed E-state index contributed by atoms with van der Waals surface area (Å²) in [5.74, 6) is 2.63. The first-order valence-corrected chi connectivity index (χ1v) is 12.6. The van der Waals surface area contributed by atoms with Gasteiger partial charge >= 0.3 is 0 Å². The van der Waals surface area contributed by atoms with Gasteiger partial charge in [-0.25, -0.2) is 0 Å². The van der Waals surface area contributed by atoms with E-state index < -0.39 is 0 Å². The smallest absolute Gasteiger partial charge is 0.232 e. The molecule has 2 N–H and O–H groups in total. The Morgan fingerprint density at radius 2 is 1.75 bits per heavy atom. The molecule has 172 valence electrons. The van der Waals surface area contributed by atoms with Crippen LogP contribution < -0.4 is 20.4 Å². The number of nitrogens with one attached hydrogen (secondary N) is 2. The van der Waals surface area contributed by atoms with E-state index in [-0.39, 0.29) is 0 Å². The fourth-order valence-corrected chi connectivity index (χ4v) is 4.83. The first-order valence-electron chi connectivity index (χ1n) is 12.2. The average Bonchev–Trinajstić information content (AvgIpc) is 2.83. The van der Waals surface area contributed by atoms with Gasteiger partial charge in [0.25, 0.3) is 0 Å². The molecule has 4 rings (SSSR count). The Hall–Kier alpha value is -2.41. The summed E-state index contributed by atoms with van der Waals surface area (Å²) in [4.78, 5) is 14.5. The molecule has 0 spiro atoms. The van der Waals surface area contributed by atoms with Gasteiger partial charge < -0.3 is 20.4 Å². The molecule has 2 aliphatic heterocycles. The summed E-state index contributed by atoms with van der Waals surface area (Å²) in [6.45, 7) is 6.30. The largest absolute Gasteiger partial charge is 0.362 e. The Labute approximate surface area is 197 Å². The van der Waals surface area contributed by atoms with Crippen molar-refractivity contribution in [3.63, 3.8) is 0 Å². The highest BCUT2D eigenvalue weighted by atomic mass is 32.1. The second-order valence-electron chi connectivity index (χ2n) is 8.96. The Morgan fingerprint density at radius 1 is 1.00 bits per heavy atom. The summed E-state index contributed by atoms with van der Waals surface area (Å²) in [6.07, 6.45) is 9.55. The predicted octanol–water partition coefficient (Wildman–Crippen LogP) is 4.76. The van der Waals surface area contributed by atoms with E-state index in [2.05, 4.69) is 63.8 Å². The van der Waals surface area contributed by atoms with Gasteiger partial charge in [-0.3, -0.25) is 0 Å². The Bertz CT molecular complexity index is 868. The maximum absolute atomic E-state index is 5.56. The molecule has 0 unspecified atom stereocenters. The minimum Gasteiger partial charge on any atom is -0.362 e. The minimum absolute atomic E-state index is 0.503. The third-order valence-corrected chi connectivity index (χ3v) is 6.72. The van der Waals surface area contributed by atoms with Gasteiger partial charge in [0.05, 0.1) is 0 Å². The summed E-state index contributed by atoms with van der Waals surface area (Å²) in [5, 5.41) is 7.17. The Balaban J connectivity index is 1.40. The van der Waals surface area contributed by atoms with E-state index in [9.17, 15) is 0 Å². The van der Waals surface area contributed by atoms with Crippen molar-refractivity contribution in [3.8, 4) is 0 Å². The number of aromatic nitrogens is 2. The number of rotatable bonds is 7. The van der Waals surface area contributed by atoms with Crippen molar-refractivity contribution in [3.05, 3.63) is 42.0 Å². The van der Waals surface area contributed by atoms with Crippen molar-refractivity contribution in [2.45, 2.75) is 64.3 Å². The maximum Gasteiger partial charge on any atom is 0.232 e. The van der Waals surface area contributed by atoms with Gasteiger partial charge in [-0.05, 0) is 76.1 Å². The molecule has 1 aromatic heterocycles. The number of benzene rings is 1. The average molecular weight is 453 g/mol. The van der Waals surface area contributed by atoms with Gasteiger partial charge in [0.15, 0.2) is 5.11 Å². The number of nitrogens with zero attached hydrogens (tertiary/aromatic N) is 4. The quantitative estimate of drug-likeness (QED) is 0.464. The highest BCUT2D eigenvalue weighted by Gasteiger charge is 2.23. The van der Waals surface area contributed by atoms with Crippen LogP contribution in [0.1, 0.15) is 57.4 Å². The topological polar surface area (TPSA) is 56.3 Å². The van der Waals surface area contributed by atoms with Crippen LogP contribution in [0, 0.1) is 0 Å². The highest BCUT2D eigenvalue weighted by Crippen LogP contribution is 2.28. The lowest BCUT2D eigenvalue weighted by Gasteiger charge is -2.35. The molecule has 2 fully saturated rings. The molecule has 0 amide bonds. The fourth-order valence-electron chi connectivity index (χ4n) is 4.63. The van der Waals surface area contributed by atoms with Crippen molar-refractivity contribution in [1.29, 1.82) is 0 Å². The zero-order valence-corrected chi connectivity index (χ0v) is 20.0. The van der Waals surface area contributed by atoms with Crippen LogP contribution in [0.5, 0.6) is 0 Å². The van der Waals surface area contributed by atoms with Crippen LogP contribution in [0.15, 0.2) is 36.4 Å². The third kappa shape index (κ3) is 6.31. The van der Waals surface area contributed by atoms with Crippen LogP contribution in [0.3, 0.4) is 0 Å². The predicted molar refractivity (Wildman–Crippen MR) is 138 cm³/mol. The molecular weight excluding hydrogens is 416 g/mol. The van der Waals surface area contributed by atoms with Crippen LogP contribution in [-0.4, -0.2) is 47.3 Å². The molecule has 1 atom stereocenters. The second kappa shape index (κ2) is 11.5. The molecule has 0 aliphatic carbocycles. The molecule has 0 bridgehead atoms. The van der Waals surface area contributed by atoms with Gasteiger partial charge in [0.1, 0.15) is 11.6 Å². The second-order valence-corrected chi connectivity index (χ2v) is 9.37. The Morgan fingerprint density at radius 3 is 2.53 bits per heavy atom. The summed E-state index contributed by atoms with van der Waals surface area (Å²) in [7, 11) is 0. The van der Waals surface area contributed by atoms with Crippen molar-refractivity contribution < 1.29 is 0 Å². The van der Waals surface area contributed by atoms with Crippen LogP contribution >= 0.6 is 12.2 Å². The van der Waals surface area contributed by atoms with E-state index >= 15 is 0 Å². The van der Waals surface area contributed by atoms with Gasteiger partial charge in [-0.1, -0.05) is 30.3 Å². The molecule has 2 saturated heterocycles. The maximum atomic E-state index is 5.56. The van der Waals surface area contributed by atoms with E-state index in [4.69, 9.17) is 22.2 Å². The molecule has 0 radical (unpaired) electrons. The van der Waals surface area contributed by atoms with Crippen molar-refractivity contribution in [1.82, 2.24) is 15.3 Å². The lowest BCUT2D eigenvalue weighted by Crippen LogP contribution is -2.39. The molecule has 7 heteroatoms. The standard InChI is InChI=1S/C25H36N6S/c1-20-11-6-9-18-31(20)23-19-22(30-16-7-3-8-17-30)27-24(28-23)29-25(32)26-15-10-14-21-12-4-2-5-13-21/h2,4-5,12-13,19-20H,3,6-11,14-18H2,1H3,(H2,26,27,28,29,32)/t20-/m1/s1. The minimum atomic E-state index is 0.503. The lowest BCUT2D eigenvalue weighted by atomic mass is 10.0. The number of hydrogen-bond donors (Lipinski definition) is 2. The van der Waals surface area contributed by atoms with E-state index in [1.54, 1.807) is 0 Å². The number of thiocarbonyl (C=S) groups is 1. The molecular formula is C25H36N6S. The number of hydrogen-bond acceptors (Lipinski definition) is 5. The third-order valence-electron chi connectivity index (χ3n) is 6.47.